The first-order valence-corrected chi connectivity index (χ1v) is 27.0. The van der Waals surface area contributed by atoms with E-state index in [9.17, 15) is 0 Å². The average Bonchev–Trinajstić information content (AvgIpc) is 4.25. The lowest BCUT2D eigenvalue weighted by molar-refractivity contribution is 1.05. The third-order valence-electron chi connectivity index (χ3n) is 6.23. The summed E-state index contributed by atoms with van der Waals surface area (Å²) in [5.74, 6) is 0.822. The molecule has 1 aliphatic carbocycles. The van der Waals surface area contributed by atoms with Crippen molar-refractivity contribution in [2.45, 2.75) is 173 Å². The number of aryl methyl sites for hydroxylation is 7. The molecular weight excluding hydrogens is 881 g/mol. The van der Waals surface area contributed by atoms with Crippen molar-refractivity contribution in [1.82, 2.24) is 29.9 Å². The van der Waals surface area contributed by atoms with Gasteiger partial charge >= 0.3 is 0 Å². The number of nitrogens with zero attached hydrogens (tertiary/aromatic N) is 6. The maximum atomic E-state index is 3.98. The molecule has 0 saturated heterocycles. The Bertz CT molecular complexity index is 1580. The van der Waals surface area contributed by atoms with Crippen molar-refractivity contribution in [3.8, 4) is 0 Å². The number of rotatable bonds is 0. The molecule has 388 valence electrons. The van der Waals surface area contributed by atoms with Crippen LogP contribution < -0.4 is 0 Å². The first kappa shape index (κ1) is 80.6. The monoisotopic (exact) mass is 983 g/mol. The van der Waals surface area contributed by atoms with Crippen LogP contribution in [0.4, 0.5) is 0 Å². The van der Waals surface area contributed by atoms with Crippen LogP contribution in [0.5, 0.6) is 0 Å². The molecule has 8 rings (SSSR count). The van der Waals surface area contributed by atoms with Crippen molar-refractivity contribution in [1.29, 1.82) is 0 Å². The first-order chi connectivity index (χ1) is 33.7. The van der Waals surface area contributed by atoms with Crippen molar-refractivity contribution in [3.63, 3.8) is 0 Å². The standard InChI is InChI=1S/C7H8.2C6H7N.C6H8.2C5H6N2.2C5H6S.8C2H6/c1-7-5-3-2-4-6-7;1-6-3-2-4-7-5-6;1-6-4-2-3-5-7-6;1-6-4-2-3-5-6;1-5-4-6-2-3-7-5;1-5-6-3-2-4-7-5;1-5-2-3-6-4-5;1-5-3-2-4-6-5;8*1-2/h2-6H,1H3;2*2-5H,1H3;2-4H,5H2,1H3;2*2-4H,1H3;2*2-4H,1H3;8*1-2H3. The van der Waals surface area contributed by atoms with E-state index in [0.29, 0.717) is 0 Å². The summed E-state index contributed by atoms with van der Waals surface area (Å²) >= 11 is 3.52. The third kappa shape index (κ3) is 74.3. The summed E-state index contributed by atoms with van der Waals surface area (Å²) in [4.78, 5) is 24.7. The van der Waals surface area contributed by atoms with E-state index < -0.39 is 0 Å². The molecule has 0 atom stereocenters. The number of benzene rings is 1. The molecule has 7 aromatic rings. The Kier molecular flexibility index (Phi) is 89.7. The number of aromatic nitrogens is 6. The zero-order valence-corrected chi connectivity index (χ0v) is 50.0. The van der Waals surface area contributed by atoms with Gasteiger partial charge in [0.05, 0.1) is 5.69 Å². The molecule has 1 aliphatic rings. The maximum absolute atomic E-state index is 3.98. The Balaban J connectivity index is -0.0000000986. The summed E-state index contributed by atoms with van der Waals surface area (Å²) in [5.41, 5.74) is 7.39. The zero-order valence-electron chi connectivity index (χ0n) is 48.4. The number of hydrogen-bond acceptors (Lipinski definition) is 8. The molecule has 6 nitrogen and oxygen atoms in total. The summed E-state index contributed by atoms with van der Waals surface area (Å²) in [6.45, 7) is 48.2. The largest absolute Gasteiger partial charge is 0.264 e. The second-order valence-electron chi connectivity index (χ2n) is 11.5. The predicted octanol–water partition coefficient (Wildman–Crippen LogP) is 20.6. The van der Waals surface area contributed by atoms with Crippen LogP contribution in [0.1, 0.15) is 163 Å². The highest BCUT2D eigenvalue weighted by molar-refractivity contribution is 7.09. The van der Waals surface area contributed by atoms with Crippen molar-refractivity contribution in [2.75, 3.05) is 0 Å². The molecule has 0 N–H and O–H groups in total. The Morgan fingerprint density at radius 1 is 0.391 bits per heavy atom. The van der Waals surface area contributed by atoms with Crippen LogP contribution in [-0.4, -0.2) is 29.9 Å². The molecule has 8 heteroatoms. The van der Waals surface area contributed by atoms with E-state index >= 15 is 0 Å². The molecule has 0 bridgehead atoms. The van der Waals surface area contributed by atoms with Gasteiger partial charge in [-0.1, -0.05) is 189 Å². The van der Waals surface area contributed by atoms with Gasteiger partial charge in [0, 0.05) is 60.1 Å². The zero-order chi connectivity index (χ0) is 54.8. The van der Waals surface area contributed by atoms with E-state index in [0.717, 1.165) is 17.2 Å². The molecule has 0 spiro atoms. The van der Waals surface area contributed by atoms with Crippen LogP contribution >= 0.6 is 22.7 Å². The molecule has 6 heterocycles. The summed E-state index contributed by atoms with van der Waals surface area (Å²) in [5, 5.41) is 6.28. The van der Waals surface area contributed by atoms with E-state index in [1.165, 1.54) is 33.6 Å². The van der Waals surface area contributed by atoms with Gasteiger partial charge in [-0.15, -0.1) is 11.3 Å². The van der Waals surface area contributed by atoms with Crippen molar-refractivity contribution < 1.29 is 0 Å². The molecule has 69 heavy (non-hydrogen) atoms. The van der Waals surface area contributed by atoms with Crippen LogP contribution in [0.2, 0.25) is 0 Å². The normalized spacial score (nSPS) is 8.26. The molecule has 0 saturated carbocycles. The molecular formula is C61H102N6S2. The highest BCUT2D eigenvalue weighted by atomic mass is 32.1. The summed E-state index contributed by atoms with van der Waals surface area (Å²) in [6.07, 6.45) is 21.5. The molecule has 0 aliphatic heterocycles. The van der Waals surface area contributed by atoms with Crippen molar-refractivity contribution in [2.24, 2.45) is 0 Å². The fraction of sp³-hybridized carbons (Fsp3) is 0.410. The summed E-state index contributed by atoms with van der Waals surface area (Å²) in [6, 6.07) is 28.1. The van der Waals surface area contributed by atoms with Gasteiger partial charge in [-0.25, -0.2) is 9.97 Å². The molecule has 6 aromatic heterocycles. The fourth-order valence-electron chi connectivity index (χ4n) is 3.43. The van der Waals surface area contributed by atoms with E-state index in [-0.39, 0.29) is 0 Å². The van der Waals surface area contributed by atoms with E-state index in [1.807, 2.05) is 193 Å². The summed E-state index contributed by atoms with van der Waals surface area (Å²) in [7, 11) is 0. The quantitative estimate of drug-likeness (QED) is 0.151. The van der Waals surface area contributed by atoms with Crippen molar-refractivity contribution in [3.05, 3.63) is 213 Å². The smallest absolute Gasteiger partial charge is 0.125 e. The lowest BCUT2D eigenvalue weighted by Crippen LogP contribution is -1.80. The van der Waals surface area contributed by atoms with E-state index in [4.69, 9.17) is 0 Å². The van der Waals surface area contributed by atoms with Gasteiger partial charge in [0.2, 0.25) is 0 Å². The minimum Gasteiger partial charge on any atom is -0.264 e. The highest BCUT2D eigenvalue weighted by Gasteiger charge is 1.86. The average molecular weight is 984 g/mol. The molecule has 0 fully saturated rings. The topological polar surface area (TPSA) is 77.3 Å². The van der Waals surface area contributed by atoms with Gasteiger partial charge in [0.1, 0.15) is 5.82 Å². The maximum Gasteiger partial charge on any atom is 0.125 e. The van der Waals surface area contributed by atoms with Gasteiger partial charge in [0.15, 0.2) is 0 Å². The van der Waals surface area contributed by atoms with Crippen molar-refractivity contribution >= 4 is 22.7 Å². The lowest BCUT2D eigenvalue weighted by atomic mass is 10.2. The Hall–Kier alpha value is -5.44. The Morgan fingerprint density at radius 2 is 0.913 bits per heavy atom. The van der Waals surface area contributed by atoms with Crippen LogP contribution in [0.3, 0.4) is 0 Å². The summed E-state index contributed by atoms with van der Waals surface area (Å²) < 4.78 is 0. The molecule has 0 radical (unpaired) electrons. The molecule has 0 amide bonds. The molecule has 1 aromatic carbocycles. The second kappa shape index (κ2) is 76.8. The van der Waals surface area contributed by atoms with E-state index in [2.05, 4.69) is 122 Å². The fourth-order valence-corrected chi connectivity index (χ4v) is 4.62. The molecule has 0 unspecified atom stereocenters. The van der Waals surface area contributed by atoms with Gasteiger partial charge in [-0.3, -0.25) is 19.9 Å². The van der Waals surface area contributed by atoms with Gasteiger partial charge < -0.3 is 0 Å². The first-order valence-electron chi connectivity index (χ1n) is 25.2. The Labute approximate surface area is 436 Å². The Morgan fingerprint density at radius 3 is 1.10 bits per heavy atom. The lowest BCUT2D eigenvalue weighted by Gasteiger charge is -1.82. The van der Waals surface area contributed by atoms with Gasteiger partial charge in [0.25, 0.3) is 0 Å². The van der Waals surface area contributed by atoms with Crippen LogP contribution in [0.15, 0.2) is 174 Å². The highest BCUT2D eigenvalue weighted by Crippen LogP contribution is 2.07. The minimum absolute atomic E-state index is 0.822. The van der Waals surface area contributed by atoms with Crippen LogP contribution in [-0.2, 0) is 0 Å². The SMILES string of the molecule is CC.CC.CC.CC.CC.CC.CC.CC.CC1=CC=CC1.Cc1ccccc1.Cc1ccccn1.Cc1cccnc1.Cc1cccs1.Cc1ccsc1.Cc1cnccn1.Cc1ncccn1. The van der Waals surface area contributed by atoms with Gasteiger partial charge in [-0.05, 0) is 125 Å². The number of thiophene rings is 2. The number of hydrogen-bond donors (Lipinski definition) is 0. The third-order valence-corrected chi connectivity index (χ3v) is 7.84. The number of allylic oxidation sites excluding steroid dienone is 4. The number of pyridine rings is 2. The predicted molar refractivity (Wildman–Crippen MR) is 319 cm³/mol. The minimum atomic E-state index is 0.822. The van der Waals surface area contributed by atoms with E-state index in [1.54, 1.807) is 72.1 Å². The van der Waals surface area contributed by atoms with Crippen LogP contribution in [0, 0.1) is 48.5 Å². The van der Waals surface area contributed by atoms with Gasteiger partial charge in [-0.2, -0.15) is 11.3 Å². The van der Waals surface area contributed by atoms with Crippen LogP contribution in [0.25, 0.3) is 0 Å². The second-order valence-corrected chi connectivity index (χ2v) is 13.4.